The zero-order valence-electron chi connectivity index (χ0n) is 18.5. The molecule has 30 heavy (non-hydrogen) atoms. The third-order valence-electron chi connectivity index (χ3n) is 5.30. The molecule has 2 aromatic carbocycles. The van der Waals surface area contributed by atoms with Crippen molar-refractivity contribution >= 4 is 11.8 Å². The number of hydrogen-bond donors (Lipinski definition) is 0. The summed E-state index contributed by atoms with van der Waals surface area (Å²) >= 11 is 0. The van der Waals surface area contributed by atoms with Gasteiger partial charge in [-0.15, -0.1) is 0 Å². The second-order valence-electron chi connectivity index (χ2n) is 8.28. The highest BCUT2D eigenvalue weighted by Crippen LogP contribution is 2.26. The van der Waals surface area contributed by atoms with Gasteiger partial charge in [-0.25, -0.2) is 0 Å². The van der Waals surface area contributed by atoms with Gasteiger partial charge < -0.3 is 4.74 Å². The van der Waals surface area contributed by atoms with Crippen molar-refractivity contribution < 1.29 is 14.3 Å². The van der Waals surface area contributed by atoms with Crippen LogP contribution in [0.15, 0.2) is 72.3 Å². The van der Waals surface area contributed by atoms with E-state index in [1.54, 1.807) is 0 Å². The molecule has 0 spiro atoms. The molecule has 2 rings (SSSR count). The first-order valence-electron chi connectivity index (χ1n) is 10.9. The normalized spacial score (nSPS) is 12.6. The van der Waals surface area contributed by atoms with Crippen LogP contribution in [0, 0.1) is 5.92 Å². The van der Waals surface area contributed by atoms with Crippen LogP contribution in [0.25, 0.3) is 0 Å². The van der Waals surface area contributed by atoms with Crippen molar-refractivity contribution in [2.75, 3.05) is 6.61 Å². The first-order chi connectivity index (χ1) is 14.5. The highest BCUT2D eigenvalue weighted by atomic mass is 16.5. The molecule has 0 saturated heterocycles. The minimum Gasteiger partial charge on any atom is -0.466 e. The fourth-order valence-corrected chi connectivity index (χ4v) is 3.43. The molecule has 2 unspecified atom stereocenters. The summed E-state index contributed by atoms with van der Waals surface area (Å²) in [4.78, 5) is 25.2. The topological polar surface area (TPSA) is 43.4 Å². The summed E-state index contributed by atoms with van der Waals surface area (Å²) in [6.45, 7) is 6.84. The quantitative estimate of drug-likeness (QED) is 0.222. The lowest BCUT2D eigenvalue weighted by atomic mass is 9.89. The maximum absolute atomic E-state index is 12.7. The van der Waals surface area contributed by atoms with Gasteiger partial charge in [-0.2, -0.15) is 0 Å². The Balaban J connectivity index is 1.88. The van der Waals surface area contributed by atoms with Gasteiger partial charge in [-0.05, 0) is 44.6 Å². The summed E-state index contributed by atoms with van der Waals surface area (Å²) < 4.78 is 5.51. The number of rotatable bonds is 12. The molecule has 0 N–H and O–H groups in total. The lowest BCUT2D eigenvalue weighted by Gasteiger charge is -2.17. The van der Waals surface area contributed by atoms with Crippen molar-refractivity contribution in [2.24, 2.45) is 5.92 Å². The second kappa shape index (κ2) is 12.8. The van der Waals surface area contributed by atoms with E-state index in [1.807, 2.05) is 60.7 Å². The van der Waals surface area contributed by atoms with Crippen LogP contribution in [0.1, 0.15) is 74.7 Å². The van der Waals surface area contributed by atoms with E-state index in [9.17, 15) is 9.59 Å². The minimum atomic E-state index is -0.235. The van der Waals surface area contributed by atoms with Crippen molar-refractivity contribution in [3.63, 3.8) is 0 Å². The molecular weight excluding hydrogens is 372 g/mol. The van der Waals surface area contributed by atoms with Gasteiger partial charge in [0.15, 0.2) is 5.78 Å². The molecule has 0 heterocycles. The van der Waals surface area contributed by atoms with E-state index in [-0.39, 0.29) is 24.1 Å². The van der Waals surface area contributed by atoms with Gasteiger partial charge in [0, 0.05) is 17.9 Å². The van der Waals surface area contributed by atoms with Crippen LogP contribution >= 0.6 is 0 Å². The molecule has 160 valence electrons. The van der Waals surface area contributed by atoms with Crippen LogP contribution in [0.3, 0.4) is 0 Å². The smallest absolute Gasteiger partial charge is 0.306 e. The maximum Gasteiger partial charge on any atom is 0.306 e. The molecule has 0 aliphatic carbocycles. The molecule has 3 heteroatoms. The number of ether oxygens (including phenoxy) is 1. The van der Waals surface area contributed by atoms with Crippen molar-refractivity contribution in [3.05, 3.63) is 83.4 Å². The highest BCUT2D eigenvalue weighted by Gasteiger charge is 2.21. The van der Waals surface area contributed by atoms with Crippen LogP contribution in [0.2, 0.25) is 0 Å². The molecule has 0 aromatic heterocycles. The Morgan fingerprint density at radius 1 is 0.900 bits per heavy atom. The summed E-state index contributed by atoms with van der Waals surface area (Å²) in [6, 6.07) is 19.0. The van der Waals surface area contributed by atoms with Gasteiger partial charge in [0.2, 0.25) is 0 Å². The Kier molecular flexibility index (Phi) is 10.1. The van der Waals surface area contributed by atoms with Gasteiger partial charge in [0.05, 0.1) is 13.0 Å². The maximum atomic E-state index is 12.7. The standard InChI is InChI=1S/C27H34O3/c1-21(2)11-10-12-22(3)17-18-30-27(29)20-25(23-13-6-4-7-14-23)19-26(28)24-15-8-5-9-16-24/h4-9,11,13-16,22,25H,10,12,17-20H2,1-3H3. The van der Waals surface area contributed by atoms with Crippen LogP contribution in [-0.2, 0) is 9.53 Å². The Bertz CT molecular complexity index is 805. The van der Waals surface area contributed by atoms with Crippen molar-refractivity contribution in [2.45, 2.75) is 58.8 Å². The molecule has 0 aliphatic heterocycles. The summed E-state index contributed by atoms with van der Waals surface area (Å²) in [6.07, 6.45) is 5.78. The zero-order valence-corrected chi connectivity index (χ0v) is 18.5. The number of Topliss-reactive ketones (excluding diaryl/α,β-unsaturated/α-hetero) is 1. The number of esters is 1. The SMILES string of the molecule is CC(C)=CCCC(C)CCOC(=O)CC(CC(=O)c1ccccc1)c1ccccc1. The number of carbonyl (C=O) groups excluding carboxylic acids is 2. The fourth-order valence-electron chi connectivity index (χ4n) is 3.43. The average Bonchev–Trinajstić information content (AvgIpc) is 2.74. The summed E-state index contributed by atoms with van der Waals surface area (Å²) in [5.74, 6) is 0.144. The van der Waals surface area contributed by atoms with E-state index in [0.29, 0.717) is 24.5 Å². The van der Waals surface area contributed by atoms with Gasteiger partial charge in [0.1, 0.15) is 0 Å². The molecule has 0 amide bonds. The number of carbonyl (C=O) groups is 2. The molecular formula is C27H34O3. The number of hydrogen-bond acceptors (Lipinski definition) is 3. The van der Waals surface area contributed by atoms with Crippen LogP contribution in [0.4, 0.5) is 0 Å². The van der Waals surface area contributed by atoms with Gasteiger partial charge >= 0.3 is 5.97 Å². The lowest BCUT2D eigenvalue weighted by Crippen LogP contribution is -2.15. The second-order valence-corrected chi connectivity index (χ2v) is 8.28. The summed E-state index contributed by atoms with van der Waals surface area (Å²) in [5.41, 5.74) is 3.01. The largest absolute Gasteiger partial charge is 0.466 e. The Labute approximate surface area is 181 Å². The van der Waals surface area contributed by atoms with Gasteiger partial charge in [-0.3, -0.25) is 9.59 Å². The molecule has 2 aromatic rings. The van der Waals surface area contributed by atoms with E-state index in [4.69, 9.17) is 4.74 Å². The lowest BCUT2D eigenvalue weighted by molar-refractivity contribution is -0.144. The highest BCUT2D eigenvalue weighted by molar-refractivity contribution is 5.96. The predicted molar refractivity (Wildman–Crippen MR) is 123 cm³/mol. The average molecular weight is 407 g/mol. The third-order valence-corrected chi connectivity index (χ3v) is 5.30. The van der Waals surface area contributed by atoms with E-state index >= 15 is 0 Å². The van der Waals surface area contributed by atoms with Crippen molar-refractivity contribution in [3.8, 4) is 0 Å². The van der Waals surface area contributed by atoms with E-state index < -0.39 is 0 Å². The van der Waals surface area contributed by atoms with E-state index in [2.05, 4.69) is 26.8 Å². The molecule has 0 saturated carbocycles. The van der Waals surface area contributed by atoms with Gasteiger partial charge in [-0.1, -0.05) is 79.2 Å². The first-order valence-corrected chi connectivity index (χ1v) is 10.9. The fraction of sp³-hybridized carbons (Fsp3) is 0.407. The molecule has 0 aliphatic rings. The molecule has 0 radical (unpaired) electrons. The van der Waals surface area contributed by atoms with E-state index in [0.717, 1.165) is 24.8 Å². The van der Waals surface area contributed by atoms with Crippen LogP contribution in [0.5, 0.6) is 0 Å². The van der Waals surface area contributed by atoms with Gasteiger partial charge in [0.25, 0.3) is 0 Å². The molecule has 2 atom stereocenters. The predicted octanol–water partition coefficient (Wildman–Crippen LogP) is 6.75. The Morgan fingerprint density at radius 2 is 1.53 bits per heavy atom. The number of ketones is 1. The summed E-state index contributed by atoms with van der Waals surface area (Å²) in [5, 5.41) is 0. The first kappa shape index (κ1) is 23.6. The minimum absolute atomic E-state index is 0.0464. The molecule has 0 fully saturated rings. The van der Waals surface area contributed by atoms with Crippen LogP contribution in [-0.4, -0.2) is 18.4 Å². The van der Waals surface area contributed by atoms with Crippen molar-refractivity contribution in [1.29, 1.82) is 0 Å². The molecule has 3 nitrogen and oxygen atoms in total. The monoisotopic (exact) mass is 406 g/mol. The zero-order chi connectivity index (χ0) is 21.8. The summed E-state index contributed by atoms with van der Waals surface area (Å²) in [7, 11) is 0. The number of allylic oxidation sites excluding steroid dienone is 2. The Morgan fingerprint density at radius 3 is 2.17 bits per heavy atom. The Hall–Kier alpha value is -2.68. The number of benzene rings is 2. The third kappa shape index (κ3) is 8.77. The van der Waals surface area contributed by atoms with Crippen molar-refractivity contribution in [1.82, 2.24) is 0 Å². The molecule has 0 bridgehead atoms. The van der Waals surface area contributed by atoms with Crippen LogP contribution < -0.4 is 0 Å². The van der Waals surface area contributed by atoms with E-state index in [1.165, 1.54) is 5.57 Å².